The fraction of sp³-hybridized carbons (Fsp3) is 0.714. The lowest BCUT2D eigenvalue weighted by Crippen LogP contribution is -1.74. The van der Waals surface area contributed by atoms with Crippen molar-refractivity contribution in [3.8, 4) is 11.8 Å². The maximum Gasteiger partial charge on any atom is 0.0894 e. The maximum atomic E-state index is 11.4. The zero-order chi connectivity index (χ0) is 6.24. The zero-order valence-electron chi connectivity index (χ0n) is 5.21. The van der Waals surface area contributed by atoms with Crippen molar-refractivity contribution in [2.45, 2.75) is 26.2 Å². The van der Waals surface area contributed by atoms with Gasteiger partial charge in [0.2, 0.25) is 0 Å². The predicted octanol–water partition coefficient (Wildman–Crippen LogP) is 2.15. The molecule has 0 spiro atoms. The molecule has 0 radical (unpaired) electrons. The van der Waals surface area contributed by atoms with Crippen LogP contribution in [-0.4, -0.2) is 6.67 Å². The number of unbranched alkanes of at least 4 members (excludes halogenated alkanes) is 2. The van der Waals surface area contributed by atoms with Crippen molar-refractivity contribution in [3.63, 3.8) is 0 Å². The van der Waals surface area contributed by atoms with Gasteiger partial charge in [-0.25, -0.2) is 0 Å². The molecule has 0 atom stereocenters. The molecule has 0 aliphatic carbocycles. The van der Waals surface area contributed by atoms with Crippen LogP contribution in [0.4, 0.5) is 4.39 Å². The second-order valence-electron chi connectivity index (χ2n) is 1.57. The molecule has 0 rings (SSSR count). The molecule has 0 fully saturated rings. The van der Waals surface area contributed by atoms with Crippen LogP contribution < -0.4 is 0 Å². The van der Waals surface area contributed by atoms with Gasteiger partial charge in [0, 0.05) is 6.42 Å². The second kappa shape index (κ2) is 6.49. The smallest absolute Gasteiger partial charge is 0.0894 e. The van der Waals surface area contributed by atoms with Crippen molar-refractivity contribution in [2.75, 3.05) is 6.67 Å². The van der Waals surface area contributed by atoms with E-state index >= 15 is 0 Å². The quantitative estimate of drug-likeness (QED) is 0.389. The number of hydrogen-bond donors (Lipinski definition) is 0. The molecule has 0 aromatic rings. The van der Waals surface area contributed by atoms with Crippen molar-refractivity contribution >= 4 is 0 Å². The minimum absolute atomic E-state index is 0.203. The summed E-state index contributed by atoms with van der Waals surface area (Å²) in [6.07, 6.45) is 2.41. The van der Waals surface area contributed by atoms with Crippen molar-refractivity contribution < 1.29 is 4.39 Å². The van der Waals surface area contributed by atoms with E-state index in [1.165, 1.54) is 0 Å². The van der Waals surface area contributed by atoms with E-state index in [1.54, 1.807) is 6.92 Å². The summed E-state index contributed by atoms with van der Waals surface area (Å²) in [5, 5.41) is 0. The van der Waals surface area contributed by atoms with Crippen molar-refractivity contribution in [1.82, 2.24) is 0 Å². The topological polar surface area (TPSA) is 0 Å². The third kappa shape index (κ3) is 5.49. The van der Waals surface area contributed by atoms with Crippen LogP contribution >= 0.6 is 0 Å². The van der Waals surface area contributed by atoms with E-state index in [2.05, 4.69) is 11.8 Å². The number of alkyl halides is 1. The minimum Gasteiger partial charge on any atom is -0.251 e. The predicted molar refractivity (Wildman–Crippen MR) is 33.3 cm³/mol. The summed E-state index contributed by atoms with van der Waals surface area (Å²) in [4.78, 5) is 0. The Hall–Kier alpha value is -0.510. The molecule has 0 saturated heterocycles. The van der Waals surface area contributed by atoms with Crippen LogP contribution in [0.25, 0.3) is 0 Å². The van der Waals surface area contributed by atoms with Crippen LogP contribution in [0, 0.1) is 11.8 Å². The van der Waals surface area contributed by atoms with E-state index < -0.39 is 0 Å². The summed E-state index contributed by atoms with van der Waals surface area (Å²) in [5.74, 6) is 5.62. The molecule has 0 heterocycles. The second-order valence-corrected chi connectivity index (χ2v) is 1.57. The van der Waals surface area contributed by atoms with Gasteiger partial charge in [0.25, 0.3) is 0 Å². The van der Waals surface area contributed by atoms with Gasteiger partial charge < -0.3 is 0 Å². The number of rotatable bonds is 3. The summed E-state index contributed by atoms with van der Waals surface area (Å²) in [5.41, 5.74) is 0. The van der Waals surface area contributed by atoms with Crippen LogP contribution in [0.1, 0.15) is 26.2 Å². The van der Waals surface area contributed by atoms with Crippen LogP contribution in [0.3, 0.4) is 0 Å². The first-order valence-corrected chi connectivity index (χ1v) is 2.87. The largest absolute Gasteiger partial charge is 0.251 e. The van der Waals surface area contributed by atoms with Gasteiger partial charge in [0.1, 0.15) is 0 Å². The van der Waals surface area contributed by atoms with Gasteiger partial charge in [-0.1, -0.05) is 0 Å². The van der Waals surface area contributed by atoms with Gasteiger partial charge in [0.15, 0.2) is 0 Å². The Balaban J connectivity index is 2.79. The van der Waals surface area contributed by atoms with E-state index in [1.807, 2.05) is 0 Å². The fourth-order valence-electron chi connectivity index (χ4n) is 0.433. The molecule has 46 valence electrons. The Kier molecular flexibility index (Phi) is 6.08. The standard InChI is InChI=1S/C7H11F/c1-2-3-4-5-6-7-8/h4-7H2,1H3. The highest BCUT2D eigenvalue weighted by molar-refractivity contribution is 4.94. The Labute approximate surface area is 50.1 Å². The lowest BCUT2D eigenvalue weighted by molar-refractivity contribution is 0.464. The highest BCUT2D eigenvalue weighted by atomic mass is 19.1. The molecule has 0 unspecified atom stereocenters. The van der Waals surface area contributed by atoms with Crippen LogP contribution in [0.2, 0.25) is 0 Å². The molecular weight excluding hydrogens is 103 g/mol. The zero-order valence-corrected chi connectivity index (χ0v) is 5.21. The first-order valence-electron chi connectivity index (χ1n) is 2.87. The van der Waals surface area contributed by atoms with Gasteiger partial charge in [0.05, 0.1) is 6.67 Å². The third-order valence-corrected chi connectivity index (χ3v) is 0.862. The fourth-order valence-corrected chi connectivity index (χ4v) is 0.433. The molecule has 0 N–H and O–H groups in total. The maximum absolute atomic E-state index is 11.4. The van der Waals surface area contributed by atoms with Crippen LogP contribution in [0.5, 0.6) is 0 Å². The first kappa shape index (κ1) is 7.49. The SMILES string of the molecule is CC#CCCCCF. The highest BCUT2D eigenvalue weighted by Gasteiger charge is 1.80. The molecule has 8 heavy (non-hydrogen) atoms. The molecule has 0 aliphatic rings. The Bertz CT molecular complexity index is 86.3. The average molecular weight is 114 g/mol. The number of hydrogen-bond acceptors (Lipinski definition) is 0. The Morgan fingerprint density at radius 2 is 2.12 bits per heavy atom. The van der Waals surface area contributed by atoms with Crippen LogP contribution in [-0.2, 0) is 0 Å². The summed E-state index contributed by atoms with van der Waals surface area (Å²) in [6.45, 7) is 1.60. The van der Waals surface area contributed by atoms with E-state index in [0.717, 1.165) is 12.8 Å². The molecule has 0 aromatic heterocycles. The van der Waals surface area contributed by atoms with Crippen molar-refractivity contribution in [3.05, 3.63) is 0 Å². The molecule has 0 bridgehead atoms. The summed E-state index contributed by atoms with van der Waals surface area (Å²) in [6, 6.07) is 0. The van der Waals surface area contributed by atoms with Gasteiger partial charge in [-0.15, -0.1) is 11.8 Å². The Morgan fingerprint density at radius 1 is 1.38 bits per heavy atom. The van der Waals surface area contributed by atoms with Crippen molar-refractivity contribution in [2.24, 2.45) is 0 Å². The normalized spacial score (nSPS) is 7.75. The van der Waals surface area contributed by atoms with E-state index in [9.17, 15) is 4.39 Å². The molecular formula is C7H11F. The Morgan fingerprint density at radius 3 is 2.62 bits per heavy atom. The van der Waals surface area contributed by atoms with E-state index in [-0.39, 0.29) is 6.67 Å². The van der Waals surface area contributed by atoms with Crippen molar-refractivity contribution in [1.29, 1.82) is 0 Å². The molecule has 0 aliphatic heterocycles. The molecule has 0 aromatic carbocycles. The number of halogens is 1. The van der Waals surface area contributed by atoms with Gasteiger partial charge in [-0.05, 0) is 19.8 Å². The third-order valence-electron chi connectivity index (χ3n) is 0.862. The van der Waals surface area contributed by atoms with Gasteiger partial charge in [-0.3, -0.25) is 4.39 Å². The molecule has 0 amide bonds. The summed E-state index contributed by atoms with van der Waals surface area (Å²) < 4.78 is 11.4. The molecule has 0 nitrogen and oxygen atoms in total. The first-order chi connectivity index (χ1) is 3.91. The van der Waals surface area contributed by atoms with Gasteiger partial charge in [-0.2, -0.15) is 0 Å². The lowest BCUT2D eigenvalue weighted by atomic mass is 10.2. The monoisotopic (exact) mass is 114 g/mol. The van der Waals surface area contributed by atoms with Crippen LogP contribution in [0.15, 0.2) is 0 Å². The highest BCUT2D eigenvalue weighted by Crippen LogP contribution is 1.92. The molecule has 0 saturated carbocycles. The van der Waals surface area contributed by atoms with E-state index in [4.69, 9.17) is 0 Å². The average Bonchev–Trinajstić information content (AvgIpc) is 1.81. The lowest BCUT2D eigenvalue weighted by Gasteiger charge is -1.84. The van der Waals surface area contributed by atoms with E-state index in [0.29, 0.717) is 6.42 Å². The summed E-state index contributed by atoms with van der Waals surface area (Å²) >= 11 is 0. The summed E-state index contributed by atoms with van der Waals surface area (Å²) in [7, 11) is 0. The van der Waals surface area contributed by atoms with Gasteiger partial charge >= 0.3 is 0 Å². The minimum atomic E-state index is -0.203. The molecule has 1 heteroatoms.